The summed E-state index contributed by atoms with van der Waals surface area (Å²) in [5.41, 5.74) is 3.77. The Balaban J connectivity index is 1.85. The van der Waals surface area contributed by atoms with E-state index in [1.165, 1.54) is 0 Å². The van der Waals surface area contributed by atoms with Crippen LogP contribution in [-0.2, 0) is 6.54 Å². The predicted molar refractivity (Wildman–Crippen MR) is 84.7 cm³/mol. The molecule has 0 aliphatic rings. The number of hydrogen-bond acceptors (Lipinski definition) is 2. The first-order chi connectivity index (χ1) is 9.65. The van der Waals surface area contributed by atoms with Crippen LogP contribution in [0.15, 0.2) is 47.1 Å². The van der Waals surface area contributed by atoms with Crippen LogP contribution in [0.1, 0.15) is 11.1 Å². The molecule has 20 heavy (non-hydrogen) atoms. The van der Waals surface area contributed by atoms with Crippen molar-refractivity contribution in [3.8, 4) is 0 Å². The molecule has 2 aromatic carbocycles. The highest BCUT2D eigenvalue weighted by Crippen LogP contribution is 2.30. The van der Waals surface area contributed by atoms with Gasteiger partial charge in [0.15, 0.2) is 0 Å². The zero-order chi connectivity index (χ0) is 14.1. The fourth-order valence-corrected chi connectivity index (χ4v) is 2.59. The molecule has 1 heterocycles. The van der Waals surface area contributed by atoms with Gasteiger partial charge in [0.25, 0.3) is 0 Å². The van der Waals surface area contributed by atoms with E-state index in [0.717, 1.165) is 27.8 Å². The highest BCUT2D eigenvalue weighted by atomic mass is 35.5. The second-order valence-corrected chi connectivity index (χ2v) is 5.51. The first kappa shape index (κ1) is 13.3. The molecule has 0 saturated heterocycles. The Hall–Kier alpha value is -1.64. The minimum Gasteiger partial charge on any atom is -0.464 e. The summed E-state index contributed by atoms with van der Waals surface area (Å²) in [4.78, 5) is 0. The molecule has 0 unspecified atom stereocenters. The third kappa shape index (κ3) is 2.49. The molecule has 0 fully saturated rings. The van der Waals surface area contributed by atoms with Crippen LogP contribution in [0.25, 0.3) is 11.0 Å². The first-order valence-corrected chi connectivity index (χ1v) is 7.05. The molecule has 0 radical (unpaired) electrons. The summed E-state index contributed by atoms with van der Waals surface area (Å²) in [7, 11) is 0. The van der Waals surface area contributed by atoms with Gasteiger partial charge in [0.2, 0.25) is 0 Å². The van der Waals surface area contributed by atoms with E-state index < -0.39 is 0 Å². The van der Waals surface area contributed by atoms with Crippen LogP contribution in [0.4, 0.5) is 5.69 Å². The standard InChI is InChI=1S/C16H13Cl2NO/c1-10-6-14(18)15(7-13(10)17)19-8-11-9-20-16-5-3-2-4-12(11)16/h2-7,9,19H,8H2,1H3. The summed E-state index contributed by atoms with van der Waals surface area (Å²) in [6.45, 7) is 2.57. The quantitative estimate of drug-likeness (QED) is 0.675. The van der Waals surface area contributed by atoms with E-state index in [4.69, 9.17) is 27.6 Å². The van der Waals surface area contributed by atoms with E-state index >= 15 is 0 Å². The fraction of sp³-hybridized carbons (Fsp3) is 0.125. The van der Waals surface area contributed by atoms with Crippen LogP contribution < -0.4 is 5.32 Å². The van der Waals surface area contributed by atoms with Gasteiger partial charge in [-0.3, -0.25) is 0 Å². The maximum Gasteiger partial charge on any atom is 0.134 e. The Morgan fingerprint density at radius 3 is 2.75 bits per heavy atom. The average molecular weight is 306 g/mol. The molecule has 102 valence electrons. The highest BCUT2D eigenvalue weighted by molar-refractivity contribution is 6.35. The number of nitrogens with one attached hydrogen (secondary N) is 1. The van der Waals surface area contributed by atoms with Crippen LogP contribution in [0.3, 0.4) is 0 Å². The highest BCUT2D eigenvalue weighted by Gasteiger charge is 2.07. The number of anilines is 1. The molecular weight excluding hydrogens is 293 g/mol. The number of fused-ring (bicyclic) bond motifs is 1. The number of halogens is 2. The van der Waals surface area contributed by atoms with Gasteiger partial charge >= 0.3 is 0 Å². The molecule has 1 aromatic heterocycles. The monoisotopic (exact) mass is 305 g/mol. The van der Waals surface area contributed by atoms with Crippen LogP contribution in [0.2, 0.25) is 10.0 Å². The van der Waals surface area contributed by atoms with Crippen molar-refractivity contribution in [1.82, 2.24) is 0 Å². The number of hydrogen-bond donors (Lipinski definition) is 1. The summed E-state index contributed by atoms with van der Waals surface area (Å²) in [5, 5.41) is 5.77. The lowest BCUT2D eigenvalue weighted by molar-refractivity contribution is 0.611. The molecule has 2 nitrogen and oxygen atoms in total. The molecule has 0 atom stereocenters. The van der Waals surface area contributed by atoms with E-state index in [9.17, 15) is 0 Å². The number of para-hydroxylation sites is 1. The van der Waals surface area contributed by atoms with Crippen molar-refractivity contribution in [3.63, 3.8) is 0 Å². The molecule has 3 rings (SSSR count). The zero-order valence-electron chi connectivity index (χ0n) is 10.9. The normalized spacial score (nSPS) is 10.9. The summed E-state index contributed by atoms with van der Waals surface area (Å²) in [6, 6.07) is 11.7. The smallest absolute Gasteiger partial charge is 0.134 e. The number of furan rings is 1. The third-order valence-electron chi connectivity index (χ3n) is 3.28. The molecule has 0 saturated carbocycles. The lowest BCUT2D eigenvalue weighted by Gasteiger charge is -2.09. The van der Waals surface area contributed by atoms with Crippen LogP contribution in [0, 0.1) is 6.92 Å². The molecule has 0 aliphatic heterocycles. The molecule has 0 amide bonds. The predicted octanol–water partition coefficient (Wildman–Crippen LogP) is 5.66. The van der Waals surface area contributed by atoms with Gasteiger partial charge in [-0.15, -0.1) is 0 Å². The maximum atomic E-state index is 6.22. The van der Waals surface area contributed by atoms with Gasteiger partial charge in [-0.1, -0.05) is 41.4 Å². The van der Waals surface area contributed by atoms with E-state index in [1.807, 2.05) is 43.3 Å². The van der Waals surface area contributed by atoms with Gasteiger partial charge < -0.3 is 9.73 Å². The molecule has 0 spiro atoms. The molecular formula is C16H13Cl2NO. The van der Waals surface area contributed by atoms with Crippen LogP contribution >= 0.6 is 23.2 Å². The van der Waals surface area contributed by atoms with E-state index in [1.54, 1.807) is 6.26 Å². The second-order valence-electron chi connectivity index (χ2n) is 4.69. The van der Waals surface area contributed by atoms with Crippen LogP contribution in [-0.4, -0.2) is 0 Å². The van der Waals surface area contributed by atoms with Gasteiger partial charge in [0.1, 0.15) is 5.58 Å². The van der Waals surface area contributed by atoms with E-state index in [-0.39, 0.29) is 0 Å². The summed E-state index contributed by atoms with van der Waals surface area (Å²) >= 11 is 12.3. The molecule has 4 heteroatoms. The van der Waals surface area contributed by atoms with E-state index in [0.29, 0.717) is 16.6 Å². The van der Waals surface area contributed by atoms with Gasteiger partial charge in [0.05, 0.1) is 17.0 Å². The number of rotatable bonds is 3. The van der Waals surface area contributed by atoms with Crippen molar-refractivity contribution in [2.24, 2.45) is 0 Å². The second kappa shape index (κ2) is 5.39. The Labute approximate surface area is 127 Å². The van der Waals surface area contributed by atoms with Crippen LogP contribution in [0.5, 0.6) is 0 Å². The fourth-order valence-electron chi connectivity index (χ4n) is 2.14. The van der Waals surface area contributed by atoms with Crippen molar-refractivity contribution in [3.05, 3.63) is 63.8 Å². The Morgan fingerprint density at radius 2 is 1.90 bits per heavy atom. The van der Waals surface area contributed by atoms with Gasteiger partial charge in [0, 0.05) is 22.5 Å². The van der Waals surface area contributed by atoms with Crippen molar-refractivity contribution in [1.29, 1.82) is 0 Å². The maximum absolute atomic E-state index is 6.22. The number of benzene rings is 2. The van der Waals surface area contributed by atoms with Gasteiger partial charge in [-0.05, 0) is 30.7 Å². The summed E-state index contributed by atoms with van der Waals surface area (Å²) < 4.78 is 5.51. The Morgan fingerprint density at radius 1 is 1.10 bits per heavy atom. The van der Waals surface area contributed by atoms with Crippen molar-refractivity contribution in [2.45, 2.75) is 13.5 Å². The SMILES string of the molecule is Cc1cc(Cl)c(NCc2coc3ccccc23)cc1Cl. The van der Waals surface area contributed by atoms with Gasteiger partial charge in [-0.25, -0.2) is 0 Å². The Bertz CT molecular complexity index is 764. The largest absolute Gasteiger partial charge is 0.464 e. The van der Waals surface area contributed by atoms with Crippen molar-refractivity contribution < 1.29 is 4.42 Å². The molecule has 3 aromatic rings. The zero-order valence-corrected chi connectivity index (χ0v) is 12.4. The first-order valence-electron chi connectivity index (χ1n) is 6.30. The molecule has 0 bridgehead atoms. The van der Waals surface area contributed by atoms with Crippen molar-refractivity contribution >= 4 is 39.9 Å². The molecule has 1 N–H and O–H groups in total. The minimum atomic E-state index is 0.635. The Kier molecular flexibility index (Phi) is 3.60. The third-order valence-corrected chi connectivity index (χ3v) is 4.00. The minimum absolute atomic E-state index is 0.635. The average Bonchev–Trinajstić information content (AvgIpc) is 2.85. The number of aryl methyl sites for hydroxylation is 1. The summed E-state index contributed by atoms with van der Waals surface area (Å²) in [5.74, 6) is 0. The van der Waals surface area contributed by atoms with E-state index in [2.05, 4.69) is 5.32 Å². The van der Waals surface area contributed by atoms with Crippen molar-refractivity contribution in [2.75, 3.05) is 5.32 Å². The lowest BCUT2D eigenvalue weighted by Crippen LogP contribution is -1.99. The lowest BCUT2D eigenvalue weighted by atomic mass is 10.1. The summed E-state index contributed by atoms with van der Waals surface area (Å²) in [6.07, 6.45) is 1.77. The topological polar surface area (TPSA) is 25.2 Å². The van der Waals surface area contributed by atoms with Gasteiger partial charge in [-0.2, -0.15) is 0 Å². The molecule has 0 aliphatic carbocycles.